The molecule has 1 aromatic carbocycles. The maximum Gasteiger partial charge on any atom is 0.224 e. The van der Waals surface area contributed by atoms with Crippen LogP contribution in [0.15, 0.2) is 36.5 Å². The third-order valence-electron chi connectivity index (χ3n) is 4.44. The van der Waals surface area contributed by atoms with Gasteiger partial charge in [0.05, 0.1) is 24.6 Å². The van der Waals surface area contributed by atoms with Gasteiger partial charge in [0.15, 0.2) is 0 Å². The highest BCUT2D eigenvalue weighted by molar-refractivity contribution is 5.87. The molecule has 0 bridgehead atoms. The van der Waals surface area contributed by atoms with Crippen molar-refractivity contribution in [3.05, 3.63) is 42.1 Å². The van der Waals surface area contributed by atoms with Gasteiger partial charge in [-0.2, -0.15) is 0 Å². The number of fused-ring (bicyclic) bond motifs is 1. The van der Waals surface area contributed by atoms with Gasteiger partial charge in [-0.05, 0) is 17.5 Å². The predicted molar refractivity (Wildman–Crippen MR) is 99.5 cm³/mol. The maximum absolute atomic E-state index is 12.4. The van der Waals surface area contributed by atoms with Crippen molar-refractivity contribution in [2.45, 2.75) is 26.4 Å². The summed E-state index contributed by atoms with van der Waals surface area (Å²) < 4.78 is 5.79. The number of ether oxygens (including phenoxy) is 1. The van der Waals surface area contributed by atoms with Crippen molar-refractivity contribution < 1.29 is 9.53 Å². The van der Waals surface area contributed by atoms with E-state index in [9.17, 15) is 4.79 Å². The lowest BCUT2D eigenvalue weighted by atomic mass is 10.1. The summed E-state index contributed by atoms with van der Waals surface area (Å²) >= 11 is 0. The standard InChI is InChI=1S/C20H27N3O2/c1-15(2)13-23-9-10-25-18(14-23)12-22-19(24)11-17-6-3-5-16-7-4-8-21-20(16)17/h3-8,15,18H,9-14H2,1-2H3,(H,22,24). The number of aromatic nitrogens is 1. The van der Waals surface area contributed by atoms with Crippen molar-refractivity contribution in [3.63, 3.8) is 0 Å². The molecule has 25 heavy (non-hydrogen) atoms. The molecule has 0 spiro atoms. The molecule has 1 aromatic heterocycles. The second kappa shape index (κ2) is 8.41. The van der Waals surface area contributed by atoms with Gasteiger partial charge in [-0.25, -0.2) is 0 Å². The second-order valence-corrected chi connectivity index (χ2v) is 7.12. The van der Waals surface area contributed by atoms with Crippen molar-refractivity contribution >= 4 is 16.8 Å². The average molecular weight is 341 g/mol. The molecule has 0 radical (unpaired) electrons. The van der Waals surface area contributed by atoms with E-state index >= 15 is 0 Å². The van der Waals surface area contributed by atoms with Gasteiger partial charge in [0.2, 0.25) is 5.91 Å². The van der Waals surface area contributed by atoms with Crippen molar-refractivity contribution in [1.29, 1.82) is 0 Å². The Morgan fingerprint density at radius 3 is 3.04 bits per heavy atom. The number of rotatable bonds is 6. The first-order valence-electron chi connectivity index (χ1n) is 9.05. The molecule has 5 nitrogen and oxygen atoms in total. The molecular weight excluding hydrogens is 314 g/mol. The first kappa shape index (κ1) is 17.8. The predicted octanol–water partition coefficient (Wildman–Crippen LogP) is 2.25. The summed E-state index contributed by atoms with van der Waals surface area (Å²) in [5, 5.41) is 4.08. The van der Waals surface area contributed by atoms with E-state index in [4.69, 9.17) is 4.74 Å². The molecule has 1 aliphatic rings. The van der Waals surface area contributed by atoms with Crippen LogP contribution in [0.5, 0.6) is 0 Å². The van der Waals surface area contributed by atoms with Gasteiger partial charge in [0, 0.05) is 37.8 Å². The zero-order chi connectivity index (χ0) is 17.6. The summed E-state index contributed by atoms with van der Waals surface area (Å²) in [5.74, 6) is 0.662. The lowest BCUT2D eigenvalue weighted by molar-refractivity contribution is -0.121. The minimum atomic E-state index is 0.0164. The van der Waals surface area contributed by atoms with Gasteiger partial charge >= 0.3 is 0 Å². The van der Waals surface area contributed by atoms with Crippen LogP contribution in [0.2, 0.25) is 0 Å². The third kappa shape index (κ3) is 5.00. The highest BCUT2D eigenvalue weighted by Crippen LogP contribution is 2.16. The lowest BCUT2D eigenvalue weighted by Gasteiger charge is -2.33. The van der Waals surface area contributed by atoms with Gasteiger partial charge in [0.1, 0.15) is 0 Å². The van der Waals surface area contributed by atoms with Crippen LogP contribution in [0.25, 0.3) is 10.9 Å². The summed E-state index contributed by atoms with van der Waals surface area (Å²) in [4.78, 5) is 19.2. The van der Waals surface area contributed by atoms with Crippen molar-refractivity contribution in [2.75, 3.05) is 32.8 Å². The van der Waals surface area contributed by atoms with E-state index in [1.165, 1.54) is 0 Å². The number of para-hydroxylation sites is 1. The van der Waals surface area contributed by atoms with Crippen LogP contribution in [0.1, 0.15) is 19.4 Å². The summed E-state index contributed by atoms with van der Waals surface area (Å²) in [5.41, 5.74) is 1.86. The van der Waals surface area contributed by atoms with E-state index in [2.05, 4.69) is 29.0 Å². The number of nitrogens with one attached hydrogen (secondary N) is 1. The van der Waals surface area contributed by atoms with Crippen LogP contribution in [-0.2, 0) is 16.0 Å². The zero-order valence-electron chi connectivity index (χ0n) is 15.1. The molecule has 1 unspecified atom stereocenters. The molecule has 1 N–H and O–H groups in total. The fourth-order valence-corrected chi connectivity index (χ4v) is 3.36. The van der Waals surface area contributed by atoms with Crippen molar-refractivity contribution in [2.24, 2.45) is 5.92 Å². The fourth-order valence-electron chi connectivity index (χ4n) is 3.36. The van der Waals surface area contributed by atoms with E-state index < -0.39 is 0 Å². The van der Waals surface area contributed by atoms with Crippen LogP contribution in [0.3, 0.4) is 0 Å². The van der Waals surface area contributed by atoms with Crippen molar-refractivity contribution in [1.82, 2.24) is 15.2 Å². The molecule has 2 heterocycles. The van der Waals surface area contributed by atoms with Gasteiger partial charge in [-0.1, -0.05) is 38.1 Å². The molecule has 1 fully saturated rings. The van der Waals surface area contributed by atoms with Gasteiger partial charge < -0.3 is 10.1 Å². The summed E-state index contributed by atoms with van der Waals surface area (Å²) in [6.07, 6.45) is 2.18. The number of carbonyl (C=O) groups excluding carboxylic acids is 1. The summed E-state index contributed by atoms with van der Waals surface area (Å²) in [6, 6.07) is 9.89. The lowest BCUT2D eigenvalue weighted by Crippen LogP contribution is -2.48. The average Bonchev–Trinajstić information content (AvgIpc) is 2.60. The highest BCUT2D eigenvalue weighted by atomic mass is 16.5. The monoisotopic (exact) mass is 341 g/mol. The number of nitrogens with zero attached hydrogens (tertiary/aromatic N) is 2. The Hall–Kier alpha value is -1.98. The van der Waals surface area contributed by atoms with E-state index in [0.717, 1.165) is 42.7 Å². The summed E-state index contributed by atoms with van der Waals surface area (Å²) in [6.45, 7) is 8.69. The molecule has 5 heteroatoms. The van der Waals surface area contributed by atoms with Crippen molar-refractivity contribution in [3.8, 4) is 0 Å². The number of benzene rings is 1. The Bertz CT molecular complexity index is 712. The first-order valence-corrected chi connectivity index (χ1v) is 9.05. The molecule has 134 valence electrons. The van der Waals surface area contributed by atoms with E-state index in [-0.39, 0.29) is 12.0 Å². The fraction of sp³-hybridized carbons (Fsp3) is 0.500. The quantitative estimate of drug-likeness (QED) is 0.876. The van der Waals surface area contributed by atoms with Crippen LogP contribution in [-0.4, -0.2) is 54.7 Å². The van der Waals surface area contributed by atoms with Crippen LogP contribution in [0, 0.1) is 5.92 Å². The maximum atomic E-state index is 12.4. The molecule has 1 amide bonds. The third-order valence-corrected chi connectivity index (χ3v) is 4.44. The largest absolute Gasteiger partial charge is 0.374 e. The zero-order valence-corrected chi connectivity index (χ0v) is 15.1. The minimum absolute atomic E-state index is 0.0164. The normalized spacial score (nSPS) is 18.6. The molecule has 1 aliphatic heterocycles. The first-order chi connectivity index (χ1) is 12.1. The minimum Gasteiger partial charge on any atom is -0.374 e. The Labute approximate surface area is 149 Å². The molecule has 0 aliphatic carbocycles. The number of hydrogen-bond donors (Lipinski definition) is 1. The molecule has 1 saturated heterocycles. The Balaban J connectivity index is 1.52. The smallest absolute Gasteiger partial charge is 0.224 e. The number of morpholine rings is 1. The molecule has 0 saturated carbocycles. The van der Waals surface area contributed by atoms with E-state index in [1.54, 1.807) is 6.20 Å². The van der Waals surface area contributed by atoms with Crippen LogP contribution >= 0.6 is 0 Å². The Morgan fingerprint density at radius 1 is 1.36 bits per heavy atom. The molecule has 2 aromatic rings. The molecular formula is C20H27N3O2. The van der Waals surface area contributed by atoms with Gasteiger partial charge in [-0.15, -0.1) is 0 Å². The topological polar surface area (TPSA) is 54.5 Å². The highest BCUT2D eigenvalue weighted by Gasteiger charge is 2.21. The number of hydrogen-bond acceptors (Lipinski definition) is 4. The van der Waals surface area contributed by atoms with Crippen LogP contribution in [0.4, 0.5) is 0 Å². The van der Waals surface area contributed by atoms with E-state index in [1.807, 2.05) is 30.3 Å². The molecule has 1 atom stereocenters. The number of pyridine rings is 1. The van der Waals surface area contributed by atoms with Gasteiger partial charge in [-0.3, -0.25) is 14.7 Å². The van der Waals surface area contributed by atoms with Crippen LogP contribution < -0.4 is 5.32 Å². The SMILES string of the molecule is CC(C)CN1CCOC(CNC(=O)Cc2cccc3cccnc23)C1. The summed E-state index contributed by atoms with van der Waals surface area (Å²) in [7, 11) is 0. The Morgan fingerprint density at radius 2 is 2.20 bits per heavy atom. The van der Waals surface area contributed by atoms with E-state index in [0.29, 0.717) is 18.9 Å². The number of amides is 1. The number of carbonyl (C=O) groups is 1. The Kier molecular flexibility index (Phi) is 6.00. The molecule has 3 rings (SSSR count). The second-order valence-electron chi connectivity index (χ2n) is 7.12. The van der Waals surface area contributed by atoms with Gasteiger partial charge in [0.25, 0.3) is 0 Å².